The highest BCUT2D eigenvalue weighted by Gasteiger charge is 2.30. The Labute approximate surface area is 110 Å². The first-order valence-corrected chi connectivity index (χ1v) is 6.02. The van der Waals surface area contributed by atoms with E-state index in [4.69, 9.17) is 5.73 Å². The highest BCUT2D eigenvalue weighted by Crippen LogP contribution is 2.29. The van der Waals surface area contributed by atoms with E-state index in [0.29, 0.717) is 6.54 Å². The molecule has 19 heavy (non-hydrogen) atoms. The van der Waals surface area contributed by atoms with E-state index in [1.807, 2.05) is 6.92 Å². The Morgan fingerprint density at radius 3 is 2.37 bits per heavy atom. The number of halogens is 3. The molecule has 0 aliphatic rings. The lowest BCUT2D eigenvalue weighted by Gasteiger charge is -2.13. The minimum Gasteiger partial charge on any atom is -0.350 e. The van der Waals surface area contributed by atoms with Gasteiger partial charge in [-0.15, -0.1) is 0 Å². The lowest BCUT2D eigenvalue weighted by atomic mass is 10.1. The summed E-state index contributed by atoms with van der Waals surface area (Å²) in [7, 11) is 0. The molecule has 1 unspecified atom stereocenters. The maximum atomic E-state index is 12.4. The largest absolute Gasteiger partial charge is 0.416 e. The summed E-state index contributed by atoms with van der Waals surface area (Å²) in [6.45, 7) is 2.37. The molecule has 0 saturated heterocycles. The Morgan fingerprint density at radius 2 is 1.89 bits per heavy atom. The van der Waals surface area contributed by atoms with Crippen molar-refractivity contribution in [2.24, 2.45) is 5.73 Å². The van der Waals surface area contributed by atoms with Crippen molar-refractivity contribution in [3.05, 3.63) is 35.4 Å². The number of benzene rings is 1. The molecule has 0 aliphatic carbocycles. The molecule has 0 saturated carbocycles. The zero-order chi connectivity index (χ0) is 14.5. The average molecular weight is 274 g/mol. The molecule has 0 heterocycles. The first-order chi connectivity index (χ1) is 8.84. The van der Waals surface area contributed by atoms with Crippen LogP contribution in [0.5, 0.6) is 0 Å². The topological polar surface area (TPSA) is 55.1 Å². The molecular weight excluding hydrogens is 257 g/mol. The van der Waals surface area contributed by atoms with Gasteiger partial charge in [-0.3, -0.25) is 4.79 Å². The molecule has 0 aromatic heterocycles. The second kappa shape index (κ2) is 6.56. The molecule has 0 fully saturated rings. The van der Waals surface area contributed by atoms with Crippen LogP contribution >= 0.6 is 0 Å². The van der Waals surface area contributed by atoms with Crippen molar-refractivity contribution >= 4 is 5.91 Å². The van der Waals surface area contributed by atoms with Gasteiger partial charge >= 0.3 is 6.18 Å². The van der Waals surface area contributed by atoms with Gasteiger partial charge in [-0.05, 0) is 50.6 Å². The molecule has 1 rings (SSSR count). The molecule has 1 aromatic rings. The smallest absolute Gasteiger partial charge is 0.350 e. The van der Waals surface area contributed by atoms with E-state index in [2.05, 4.69) is 5.32 Å². The third-order valence-corrected chi connectivity index (χ3v) is 2.69. The van der Waals surface area contributed by atoms with Gasteiger partial charge in [-0.1, -0.05) is 0 Å². The van der Waals surface area contributed by atoms with Crippen LogP contribution in [0.1, 0.15) is 35.7 Å². The molecule has 3 nitrogen and oxygen atoms in total. The molecule has 0 radical (unpaired) electrons. The third kappa shape index (κ3) is 4.90. The van der Waals surface area contributed by atoms with E-state index >= 15 is 0 Å². The van der Waals surface area contributed by atoms with Crippen LogP contribution in [0.3, 0.4) is 0 Å². The average Bonchev–Trinajstić information content (AvgIpc) is 2.35. The Hall–Kier alpha value is -1.56. The maximum Gasteiger partial charge on any atom is 0.416 e. The van der Waals surface area contributed by atoms with E-state index in [0.717, 1.165) is 25.0 Å². The van der Waals surface area contributed by atoms with Gasteiger partial charge in [-0.2, -0.15) is 13.2 Å². The number of hydrogen-bond donors (Lipinski definition) is 2. The molecule has 1 atom stereocenters. The van der Waals surface area contributed by atoms with Crippen LogP contribution < -0.4 is 11.1 Å². The zero-order valence-corrected chi connectivity index (χ0v) is 10.6. The van der Waals surface area contributed by atoms with Crippen molar-refractivity contribution in [3.63, 3.8) is 0 Å². The summed E-state index contributed by atoms with van der Waals surface area (Å²) in [5, 5.41) is 2.71. The molecule has 0 spiro atoms. The van der Waals surface area contributed by atoms with Gasteiger partial charge in [0.25, 0.3) is 5.91 Å². The van der Waals surface area contributed by atoms with Crippen LogP contribution in [0.4, 0.5) is 13.2 Å². The van der Waals surface area contributed by atoms with Gasteiger partial charge in [0.1, 0.15) is 0 Å². The highest BCUT2D eigenvalue weighted by molar-refractivity contribution is 5.94. The normalized spacial score (nSPS) is 13.1. The first kappa shape index (κ1) is 15.5. The molecule has 0 aliphatic heterocycles. The van der Waals surface area contributed by atoms with Crippen LogP contribution in [0.25, 0.3) is 0 Å². The van der Waals surface area contributed by atoms with Crippen LogP contribution in [-0.4, -0.2) is 18.5 Å². The van der Waals surface area contributed by atoms with Crippen molar-refractivity contribution < 1.29 is 18.0 Å². The van der Waals surface area contributed by atoms with Crippen molar-refractivity contribution in [2.45, 2.75) is 32.0 Å². The summed E-state index contributed by atoms with van der Waals surface area (Å²) in [6, 6.07) is 4.10. The summed E-state index contributed by atoms with van der Waals surface area (Å²) in [5.74, 6) is -0.377. The van der Waals surface area contributed by atoms with Crippen LogP contribution in [0.2, 0.25) is 0 Å². The minimum absolute atomic E-state index is 0.0571. The van der Waals surface area contributed by atoms with Gasteiger partial charge in [0.05, 0.1) is 5.56 Å². The van der Waals surface area contributed by atoms with Gasteiger partial charge in [-0.25, -0.2) is 0 Å². The Bertz CT molecular complexity index is 415. The number of carbonyl (C=O) groups excluding carboxylic acids is 1. The summed E-state index contributed by atoms with van der Waals surface area (Å²) < 4.78 is 37.1. The van der Waals surface area contributed by atoms with E-state index in [-0.39, 0.29) is 17.5 Å². The number of rotatable bonds is 5. The van der Waals surface area contributed by atoms with Gasteiger partial charge in [0, 0.05) is 11.6 Å². The van der Waals surface area contributed by atoms with E-state index in [9.17, 15) is 18.0 Å². The van der Waals surface area contributed by atoms with Crippen molar-refractivity contribution in [1.29, 1.82) is 0 Å². The number of carbonyl (C=O) groups is 1. The van der Waals surface area contributed by atoms with E-state index in [1.54, 1.807) is 0 Å². The van der Waals surface area contributed by atoms with Gasteiger partial charge in [0.15, 0.2) is 0 Å². The van der Waals surface area contributed by atoms with Crippen molar-refractivity contribution in [1.82, 2.24) is 5.32 Å². The van der Waals surface area contributed by atoms with E-state index in [1.165, 1.54) is 12.1 Å². The summed E-state index contributed by atoms with van der Waals surface area (Å²) >= 11 is 0. The number of hydrogen-bond acceptors (Lipinski definition) is 2. The fourth-order valence-corrected chi connectivity index (χ4v) is 1.61. The predicted molar refractivity (Wildman–Crippen MR) is 66.7 cm³/mol. The highest BCUT2D eigenvalue weighted by atomic mass is 19.4. The lowest BCUT2D eigenvalue weighted by Crippen LogP contribution is -2.32. The summed E-state index contributed by atoms with van der Waals surface area (Å²) in [6.07, 6.45) is -2.86. The fourth-order valence-electron chi connectivity index (χ4n) is 1.61. The quantitative estimate of drug-likeness (QED) is 0.867. The number of nitrogens with two attached hydrogens (primary N) is 1. The van der Waals surface area contributed by atoms with Crippen molar-refractivity contribution in [3.8, 4) is 0 Å². The first-order valence-electron chi connectivity index (χ1n) is 6.02. The third-order valence-electron chi connectivity index (χ3n) is 2.69. The molecule has 106 valence electrons. The number of nitrogens with one attached hydrogen (secondary N) is 1. The minimum atomic E-state index is -4.39. The van der Waals surface area contributed by atoms with Crippen LogP contribution in [-0.2, 0) is 6.18 Å². The molecule has 6 heteroatoms. The monoisotopic (exact) mass is 274 g/mol. The standard InChI is InChI=1S/C13H17F3N2O/c1-9(3-2-8-17)18-12(19)10-4-6-11(7-5-10)13(14,15)16/h4-7,9H,2-3,8,17H2,1H3,(H,18,19). The number of alkyl halides is 3. The number of amides is 1. The Kier molecular flexibility index (Phi) is 5.35. The van der Waals surface area contributed by atoms with Crippen molar-refractivity contribution in [2.75, 3.05) is 6.54 Å². The summed E-state index contributed by atoms with van der Waals surface area (Å²) in [5.41, 5.74) is 4.81. The van der Waals surface area contributed by atoms with Gasteiger partial charge in [0.2, 0.25) is 0 Å². The molecule has 0 bridgehead atoms. The molecular formula is C13H17F3N2O. The zero-order valence-electron chi connectivity index (χ0n) is 10.6. The fraction of sp³-hybridized carbons (Fsp3) is 0.462. The molecule has 1 amide bonds. The Balaban J connectivity index is 2.63. The SMILES string of the molecule is CC(CCCN)NC(=O)c1ccc(C(F)(F)F)cc1. The second-order valence-electron chi connectivity index (χ2n) is 4.38. The molecule has 1 aromatic carbocycles. The second-order valence-corrected chi connectivity index (χ2v) is 4.38. The molecule has 3 N–H and O–H groups in total. The van der Waals surface area contributed by atoms with Crippen LogP contribution in [0.15, 0.2) is 24.3 Å². The van der Waals surface area contributed by atoms with E-state index < -0.39 is 11.7 Å². The maximum absolute atomic E-state index is 12.4. The Morgan fingerprint density at radius 1 is 1.32 bits per heavy atom. The van der Waals surface area contributed by atoms with Crippen LogP contribution in [0, 0.1) is 0 Å². The summed E-state index contributed by atoms with van der Waals surface area (Å²) in [4.78, 5) is 11.8. The van der Waals surface area contributed by atoms with Gasteiger partial charge < -0.3 is 11.1 Å². The predicted octanol–water partition coefficient (Wildman–Crippen LogP) is 2.56. The lowest BCUT2D eigenvalue weighted by molar-refractivity contribution is -0.137.